The summed E-state index contributed by atoms with van der Waals surface area (Å²) in [6, 6.07) is 104. The van der Waals surface area contributed by atoms with Crippen molar-refractivity contribution in [3.8, 4) is 40.2 Å². The van der Waals surface area contributed by atoms with Gasteiger partial charge in [0.2, 0.25) is 0 Å². The maximum absolute atomic E-state index is 10.8. The average molecular weight is 1500 g/mol. The lowest BCUT2D eigenvalue weighted by molar-refractivity contribution is 0.462. The molecule has 15 nitrogen and oxygen atoms in total. The number of benzene rings is 14. The molecule has 0 atom stereocenters. The van der Waals surface area contributed by atoms with E-state index in [2.05, 4.69) is 39.9 Å². The standard InChI is InChI=1S/2C28H24N2O2.C27H22N2O2.C16H12N2O/c1-20-8-5-11-23(27(20)31)18-30-26-15-6-9-21(17-26)16-22-10-7-12-24(28(22)32)19-29-25-13-3-2-4-14-25;1-20-9-7-12-23(27(20)31)19-30-26-16-6-5-10-21(26)17-22-11-8-13-24(28(22)32)18-29-25-14-3-2-4-15-25;30-26-20(9-7-11-22(26)18-28-24-13-3-1-4-14-24)17-21-10-8-12-23(27(21)31)19-29-25-15-5-2-6-16-25;19-15-9-2-1-5-13(15)11-18-14-8-3-6-12-7-4-10-17-16(12)14/h2-15,17-19,31-32H,16H2,1H3;2-16,18-19,31-32H,17H2,1H3;1-16,18-19,30-31H,17H2;1-11,19H. The van der Waals surface area contributed by atoms with Crippen LogP contribution in [0.1, 0.15) is 83.5 Å². The van der Waals surface area contributed by atoms with E-state index in [1.54, 1.807) is 61.8 Å². The van der Waals surface area contributed by atoms with Crippen LogP contribution in [-0.2, 0) is 19.3 Å². The lowest BCUT2D eigenvalue weighted by atomic mass is 9.99. The molecule has 15 heteroatoms. The highest BCUT2D eigenvalue weighted by atomic mass is 16.3. The Kier molecular flexibility index (Phi) is 27.3. The molecule has 0 aliphatic carbocycles. The SMILES string of the molecule is Cc1cccc(C=Nc2cccc(Cc3cccc(C=Nc4ccccc4)c3O)c2)c1O.Cc1cccc(C=Nc2ccccc2Cc2cccc(C=Nc3ccccc3)c2O)c1O.Oc1c(C=Nc2ccccc2)cccc1Cc1cccc(C=Nc2ccccc2)c1O.Oc1ccccc1C=Nc1cccc2cccnc12. The van der Waals surface area contributed by atoms with Crippen LogP contribution >= 0.6 is 0 Å². The molecule has 1 heterocycles. The molecule has 14 aromatic carbocycles. The lowest BCUT2D eigenvalue weighted by Crippen LogP contribution is -1.95. The zero-order valence-electron chi connectivity index (χ0n) is 62.7. The number of pyridine rings is 1. The number of fused-ring (bicyclic) bond motifs is 1. The van der Waals surface area contributed by atoms with Gasteiger partial charge in [0, 0.05) is 113 Å². The number of aliphatic imine (C=N–C) groups is 7. The predicted molar refractivity (Wildman–Crippen MR) is 466 cm³/mol. The molecular formula is C99H82N8O7. The minimum atomic E-state index is 0.157. The van der Waals surface area contributed by atoms with Crippen LogP contribution in [0.15, 0.2) is 375 Å². The molecule has 7 N–H and O–H groups in total. The van der Waals surface area contributed by atoms with Crippen LogP contribution in [0.25, 0.3) is 10.9 Å². The third-order valence-electron chi connectivity index (χ3n) is 18.2. The first-order chi connectivity index (χ1) is 55.8. The van der Waals surface area contributed by atoms with E-state index in [4.69, 9.17) is 0 Å². The molecule has 15 aromatic rings. The number of aromatic nitrogens is 1. The maximum atomic E-state index is 10.8. The van der Waals surface area contributed by atoms with Gasteiger partial charge in [-0.15, -0.1) is 0 Å². The minimum Gasteiger partial charge on any atom is -0.507 e. The third kappa shape index (κ3) is 22.0. The molecule has 0 fully saturated rings. The van der Waals surface area contributed by atoms with E-state index in [1.165, 1.54) is 0 Å². The number of nitrogens with zero attached hydrogens (tertiary/aromatic N) is 8. The van der Waals surface area contributed by atoms with Crippen molar-refractivity contribution < 1.29 is 35.7 Å². The largest absolute Gasteiger partial charge is 0.507 e. The molecule has 0 saturated carbocycles. The summed E-state index contributed by atoms with van der Waals surface area (Å²) in [5.74, 6) is 1.45. The van der Waals surface area contributed by atoms with Crippen molar-refractivity contribution in [1.29, 1.82) is 0 Å². The summed E-state index contributed by atoms with van der Waals surface area (Å²) in [6.45, 7) is 3.72. The summed E-state index contributed by atoms with van der Waals surface area (Å²) in [5.41, 5.74) is 17.8. The number of aromatic hydroxyl groups is 7. The van der Waals surface area contributed by atoms with Gasteiger partial charge in [0.1, 0.15) is 40.2 Å². The van der Waals surface area contributed by atoms with Crippen molar-refractivity contribution in [3.05, 3.63) is 423 Å². The molecule has 0 aliphatic rings. The van der Waals surface area contributed by atoms with Gasteiger partial charge in [-0.2, -0.15) is 0 Å². The fourth-order valence-corrected chi connectivity index (χ4v) is 12.0. The monoisotopic (exact) mass is 1490 g/mol. The van der Waals surface area contributed by atoms with Crippen LogP contribution in [0.2, 0.25) is 0 Å². The van der Waals surface area contributed by atoms with Gasteiger partial charge in [-0.1, -0.05) is 206 Å². The fourth-order valence-electron chi connectivity index (χ4n) is 12.0. The molecule has 114 heavy (non-hydrogen) atoms. The average Bonchev–Trinajstić information content (AvgIpc) is 0.857. The van der Waals surface area contributed by atoms with E-state index in [1.807, 2.05) is 335 Å². The van der Waals surface area contributed by atoms with E-state index in [0.717, 1.165) is 84.1 Å². The van der Waals surface area contributed by atoms with E-state index in [9.17, 15) is 35.7 Å². The maximum Gasteiger partial charge on any atom is 0.127 e. The van der Waals surface area contributed by atoms with Crippen molar-refractivity contribution in [1.82, 2.24) is 4.98 Å². The molecule has 0 amide bonds. The second-order valence-corrected chi connectivity index (χ2v) is 26.3. The van der Waals surface area contributed by atoms with E-state index < -0.39 is 0 Å². The summed E-state index contributed by atoms with van der Waals surface area (Å²) in [6.07, 6.45) is 14.9. The highest BCUT2D eigenvalue weighted by Crippen LogP contribution is 2.34. The van der Waals surface area contributed by atoms with Gasteiger partial charge in [0.25, 0.3) is 0 Å². The Morgan fingerprint density at radius 3 is 1.02 bits per heavy atom. The highest BCUT2D eigenvalue weighted by Gasteiger charge is 2.15. The van der Waals surface area contributed by atoms with E-state index in [0.29, 0.717) is 69.3 Å². The van der Waals surface area contributed by atoms with Crippen molar-refractivity contribution >= 4 is 94.2 Å². The summed E-state index contributed by atoms with van der Waals surface area (Å²) in [4.78, 5) is 35.6. The quantitative estimate of drug-likeness (QED) is 0.0361. The predicted octanol–water partition coefficient (Wildman–Crippen LogP) is 22.9. The smallest absolute Gasteiger partial charge is 0.127 e. The molecule has 1 aromatic heterocycles. The van der Waals surface area contributed by atoms with Crippen molar-refractivity contribution in [2.24, 2.45) is 34.9 Å². The van der Waals surface area contributed by atoms with Gasteiger partial charge < -0.3 is 35.7 Å². The number of rotatable bonds is 20. The Labute approximate surface area is 662 Å². The first-order valence-corrected chi connectivity index (χ1v) is 36.8. The van der Waals surface area contributed by atoms with Crippen molar-refractivity contribution in [2.75, 3.05) is 0 Å². The number of aryl methyl sites for hydroxylation is 2. The van der Waals surface area contributed by atoms with Gasteiger partial charge in [-0.05, 0) is 186 Å². The Balaban J connectivity index is 0.000000143. The zero-order valence-corrected chi connectivity index (χ0v) is 62.7. The summed E-state index contributed by atoms with van der Waals surface area (Å²) >= 11 is 0. The summed E-state index contributed by atoms with van der Waals surface area (Å²) in [5, 5.41) is 74.2. The Hall–Kier alpha value is -15.2. The van der Waals surface area contributed by atoms with Gasteiger partial charge >= 0.3 is 0 Å². The normalized spacial score (nSPS) is 11.4. The molecule has 0 bridgehead atoms. The fraction of sp³-hybridized carbons (Fsp3) is 0.0505. The highest BCUT2D eigenvalue weighted by molar-refractivity contribution is 5.94. The molecule has 0 aliphatic heterocycles. The Morgan fingerprint density at radius 2 is 0.553 bits per heavy atom. The van der Waals surface area contributed by atoms with Gasteiger partial charge in [0.05, 0.1) is 45.3 Å². The molecular weight excluding hydrogens is 1410 g/mol. The Morgan fingerprint density at radius 1 is 0.246 bits per heavy atom. The van der Waals surface area contributed by atoms with Crippen molar-refractivity contribution in [2.45, 2.75) is 33.1 Å². The van der Waals surface area contributed by atoms with E-state index in [-0.39, 0.29) is 40.2 Å². The van der Waals surface area contributed by atoms with Crippen LogP contribution in [0.3, 0.4) is 0 Å². The first-order valence-electron chi connectivity index (χ1n) is 36.8. The molecule has 0 radical (unpaired) electrons. The first kappa shape index (κ1) is 78.4. The number of phenols is 7. The third-order valence-corrected chi connectivity index (χ3v) is 18.2. The number of phenolic OH excluding ortho intramolecular Hbond substituents is 7. The van der Waals surface area contributed by atoms with Gasteiger partial charge in [0.15, 0.2) is 0 Å². The van der Waals surface area contributed by atoms with Gasteiger partial charge in [-0.25, -0.2) is 0 Å². The van der Waals surface area contributed by atoms with Crippen LogP contribution in [0.5, 0.6) is 40.2 Å². The van der Waals surface area contributed by atoms with Crippen LogP contribution in [0, 0.1) is 13.8 Å². The van der Waals surface area contributed by atoms with Crippen molar-refractivity contribution in [3.63, 3.8) is 0 Å². The minimum absolute atomic E-state index is 0.157. The zero-order chi connectivity index (χ0) is 79.2. The number of para-hydroxylation sites is 13. The van der Waals surface area contributed by atoms with E-state index >= 15 is 0 Å². The molecule has 0 unspecified atom stereocenters. The molecule has 0 spiro atoms. The number of hydrogen-bond acceptors (Lipinski definition) is 15. The molecule has 560 valence electrons. The second kappa shape index (κ2) is 39.8. The van der Waals surface area contributed by atoms with Crippen LogP contribution in [-0.4, -0.2) is 84.2 Å². The lowest BCUT2D eigenvalue weighted by Gasteiger charge is -2.10. The van der Waals surface area contributed by atoms with Gasteiger partial charge in [-0.3, -0.25) is 39.9 Å². The topological polar surface area (TPSA) is 241 Å². The summed E-state index contributed by atoms with van der Waals surface area (Å²) in [7, 11) is 0. The second-order valence-electron chi connectivity index (χ2n) is 26.3. The summed E-state index contributed by atoms with van der Waals surface area (Å²) < 4.78 is 0. The molecule has 0 saturated heterocycles. The Bertz CT molecular complexity index is 5870. The number of hydrogen-bond donors (Lipinski definition) is 7. The van der Waals surface area contributed by atoms with Crippen LogP contribution < -0.4 is 0 Å². The molecule has 15 rings (SSSR count). The van der Waals surface area contributed by atoms with Crippen LogP contribution in [0.4, 0.5) is 39.8 Å².